The zero-order chi connectivity index (χ0) is 28.4. The molecule has 40 heavy (non-hydrogen) atoms. The molecule has 1 aliphatic carbocycles. The summed E-state index contributed by atoms with van der Waals surface area (Å²) < 4.78 is 30.3. The van der Waals surface area contributed by atoms with Crippen molar-refractivity contribution >= 4 is 11.8 Å². The van der Waals surface area contributed by atoms with Gasteiger partial charge in [0, 0.05) is 50.7 Å². The van der Waals surface area contributed by atoms with Crippen molar-refractivity contribution < 1.29 is 18.4 Å². The summed E-state index contributed by atoms with van der Waals surface area (Å²) in [6.07, 6.45) is 5.32. The molecule has 0 aromatic carbocycles. The fourth-order valence-corrected chi connectivity index (χ4v) is 8.21. The van der Waals surface area contributed by atoms with Crippen LogP contribution in [0.25, 0.3) is 0 Å². The van der Waals surface area contributed by atoms with Crippen LogP contribution >= 0.6 is 0 Å². The van der Waals surface area contributed by atoms with Gasteiger partial charge in [-0.05, 0) is 70.9 Å². The molecule has 5 fully saturated rings. The van der Waals surface area contributed by atoms with E-state index in [4.69, 9.17) is 11.5 Å². The summed E-state index contributed by atoms with van der Waals surface area (Å²) in [4.78, 5) is 32.8. The molecule has 0 aromatic heterocycles. The van der Waals surface area contributed by atoms with E-state index in [1.54, 1.807) is 0 Å². The van der Waals surface area contributed by atoms with Gasteiger partial charge in [0.1, 0.15) is 12.3 Å². The van der Waals surface area contributed by atoms with Crippen LogP contribution in [0.5, 0.6) is 0 Å². The summed E-state index contributed by atoms with van der Waals surface area (Å²) in [5, 5.41) is 6.26. The Balaban J connectivity index is 1.25. The molecule has 9 nitrogen and oxygen atoms in total. The summed E-state index contributed by atoms with van der Waals surface area (Å²) in [6, 6.07) is -1.03. The van der Waals surface area contributed by atoms with E-state index in [0.29, 0.717) is 51.4 Å². The third-order valence-electron chi connectivity index (χ3n) is 10.6. The van der Waals surface area contributed by atoms with Crippen LogP contribution in [0, 0.1) is 17.8 Å². The lowest BCUT2D eigenvalue weighted by Crippen LogP contribution is -2.68. The summed E-state index contributed by atoms with van der Waals surface area (Å²) in [7, 11) is 0. The van der Waals surface area contributed by atoms with Gasteiger partial charge in [0.25, 0.3) is 0 Å². The van der Waals surface area contributed by atoms with Crippen molar-refractivity contribution in [2.45, 2.75) is 107 Å². The Labute approximate surface area is 238 Å². The number of carbonyl (C=O) groups is 2. The molecule has 4 aliphatic heterocycles. The van der Waals surface area contributed by atoms with Crippen LogP contribution in [0.4, 0.5) is 8.78 Å². The van der Waals surface area contributed by atoms with E-state index in [-0.39, 0.29) is 36.4 Å². The van der Waals surface area contributed by atoms with Crippen LogP contribution < -0.4 is 22.1 Å². The second kappa shape index (κ2) is 13.3. The number of carbonyl (C=O) groups excluding carboxylic acids is 2. The zero-order valence-electron chi connectivity index (χ0n) is 24.2. The van der Waals surface area contributed by atoms with E-state index in [9.17, 15) is 14.0 Å². The number of likely N-dealkylation sites (tertiary alicyclic amines) is 3. The average molecular weight is 568 g/mol. The van der Waals surface area contributed by atoms with Crippen molar-refractivity contribution in [3.8, 4) is 0 Å². The molecular formula is C29H51F2N7O2. The minimum atomic E-state index is -1.15. The minimum absolute atomic E-state index is 0.00130. The van der Waals surface area contributed by atoms with Crippen molar-refractivity contribution in [2.24, 2.45) is 29.2 Å². The number of halogens is 2. The van der Waals surface area contributed by atoms with Crippen LogP contribution in [-0.4, -0.2) is 115 Å². The Bertz CT molecular complexity index is 869. The van der Waals surface area contributed by atoms with Gasteiger partial charge in [-0.2, -0.15) is 0 Å². The lowest BCUT2D eigenvalue weighted by atomic mass is 9.80. The monoisotopic (exact) mass is 567 g/mol. The molecule has 1 saturated carbocycles. The maximum absolute atomic E-state index is 15.4. The fraction of sp³-hybridized carbons (Fsp3) is 0.931. The van der Waals surface area contributed by atoms with Gasteiger partial charge in [0.05, 0.1) is 24.2 Å². The number of fused-ring (bicyclic) bond motifs is 1. The number of amides is 2. The van der Waals surface area contributed by atoms with E-state index in [0.717, 1.165) is 45.2 Å². The highest BCUT2D eigenvalue weighted by molar-refractivity contribution is 5.80. The number of hydrogen-bond acceptors (Lipinski definition) is 7. The van der Waals surface area contributed by atoms with Crippen molar-refractivity contribution in [1.29, 1.82) is 0 Å². The Hall–Kier alpha value is -1.40. The maximum Gasteiger partial charge on any atom is 0.227 e. The summed E-state index contributed by atoms with van der Waals surface area (Å²) >= 11 is 0. The smallest absolute Gasteiger partial charge is 0.227 e. The number of nitrogens with one attached hydrogen (secondary N) is 2. The zero-order valence-corrected chi connectivity index (χ0v) is 24.2. The second-order valence-corrected chi connectivity index (χ2v) is 13.1. The Morgan fingerprint density at radius 3 is 2.33 bits per heavy atom. The number of alkyl halides is 2. The standard InChI is InChI=1S/C29H51F2N7O2/c1-18(38-17-21(30)8-7-19-5-2-3-6-24(19)38)25(27(32)33)28(39)35-23-16-34-15-22(31)26(23)36-13-9-20(10-14-36)29(40)37-11-4-12-37/h18-27,34H,2-17,32-33H2,1H3,(H,35,39). The first-order valence-corrected chi connectivity index (χ1v) is 15.8. The molecule has 5 aliphatic rings. The van der Waals surface area contributed by atoms with Gasteiger partial charge < -0.3 is 27.0 Å². The van der Waals surface area contributed by atoms with Crippen molar-refractivity contribution in [3.63, 3.8) is 0 Å². The van der Waals surface area contributed by atoms with Crippen molar-refractivity contribution in [3.05, 3.63) is 0 Å². The number of rotatable bonds is 7. The van der Waals surface area contributed by atoms with Crippen LogP contribution in [-0.2, 0) is 9.59 Å². The third kappa shape index (κ3) is 6.48. The first kappa shape index (κ1) is 30.1. The fourth-order valence-electron chi connectivity index (χ4n) is 8.21. The van der Waals surface area contributed by atoms with Crippen LogP contribution in [0.15, 0.2) is 0 Å². The average Bonchev–Trinajstić information content (AvgIpc) is 3.07. The number of hydrogen-bond donors (Lipinski definition) is 4. The molecule has 0 radical (unpaired) electrons. The molecule has 0 spiro atoms. The van der Waals surface area contributed by atoms with Crippen molar-refractivity contribution in [2.75, 3.05) is 45.8 Å². The molecule has 11 heteroatoms. The van der Waals surface area contributed by atoms with E-state index < -0.39 is 36.5 Å². The van der Waals surface area contributed by atoms with E-state index in [1.807, 2.05) is 11.8 Å². The SMILES string of the molecule is CC(C(C(=O)NC1CNCC(F)C1N1CCC(C(=O)N2CCC2)CC1)C(N)N)N1CC(F)CCC2CCCCC21. The number of piperidine rings is 2. The quantitative estimate of drug-likeness (QED) is 0.339. The highest BCUT2D eigenvalue weighted by Crippen LogP contribution is 2.37. The van der Waals surface area contributed by atoms with Gasteiger partial charge in [0.15, 0.2) is 0 Å². The highest BCUT2D eigenvalue weighted by Gasteiger charge is 2.45. The number of nitrogens with two attached hydrogens (primary N) is 2. The predicted molar refractivity (Wildman–Crippen MR) is 151 cm³/mol. The van der Waals surface area contributed by atoms with Crippen LogP contribution in [0.3, 0.4) is 0 Å². The van der Waals surface area contributed by atoms with Crippen molar-refractivity contribution in [1.82, 2.24) is 25.3 Å². The Morgan fingerprint density at radius 2 is 1.65 bits per heavy atom. The van der Waals surface area contributed by atoms with E-state index >= 15 is 4.39 Å². The van der Waals surface area contributed by atoms with Crippen LogP contribution in [0.1, 0.15) is 64.7 Å². The van der Waals surface area contributed by atoms with Gasteiger partial charge >= 0.3 is 0 Å². The topological polar surface area (TPSA) is 120 Å². The summed E-state index contributed by atoms with van der Waals surface area (Å²) in [5.74, 6) is -0.362. The molecule has 0 bridgehead atoms. The molecule has 5 rings (SSSR count). The minimum Gasteiger partial charge on any atom is -0.350 e. The highest BCUT2D eigenvalue weighted by atomic mass is 19.1. The lowest BCUT2D eigenvalue weighted by Gasteiger charge is -2.47. The Kier molecular flexibility index (Phi) is 9.98. The lowest BCUT2D eigenvalue weighted by molar-refractivity contribution is -0.141. The molecule has 4 heterocycles. The first-order valence-electron chi connectivity index (χ1n) is 15.8. The van der Waals surface area contributed by atoms with Gasteiger partial charge in [-0.1, -0.05) is 12.8 Å². The Morgan fingerprint density at radius 1 is 0.925 bits per heavy atom. The maximum atomic E-state index is 15.4. The van der Waals surface area contributed by atoms with E-state index in [1.165, 1.54) is 6.42 Å². The molecule has 8 unspecified atom stereocenters. The second-order valence-electron chi connectivity index (χ2n) is 13.1. The molecular weight excluding hydrogens is 516 g/mol. The molecule has 2 amide bonds. The largest absolute Gasteiger partial charge is 0.350 e. The summed E-state index contributed by atoms with van der Waals surface area (Å²) in [6.45, 7) is 5.89. The molecule has 228 valence electrons. The predicted octanol–water partition coefficient (Wildman–Crippen LogP) is 0.966. The van der Waals surface area contributed by atoms with Gasteiger partial charge in [-0.15, -0.1) is 0 Å². The number of nitrogens with zero attached hydrogens (tertiary/aromatic N) is 3. The van der Waals surface area contributed by atoms with Gasteiger partial charge in [-0.25, -0.2) is 8.78 Å². The van der Waals surface area contributed by atoms with Crippen LogP contribution in [0.2, 0.25) is 0 Å². The normalized spacial score (nSPS) is 36.3. The molecule has 8 atom stereocenters. The van der Waals surface area contributed by atoms with Gasteiger partial charge in [-0.3, -0.25) is 19.4 Å². The molecule has 6 N–H and O–H groups in total. The first-order chi connectivity index (χ1) is 19.2. The van der Waals surface area contributed by atoms with E-state index in [2.05, 4.69) is 20.4 Å². The van der Waals surface area contributed by atoms with Gasteiger partial charge in [0.2, 0.25) is 11.8 Å². The third-order valence-corrected chi connectivity index (χ3v) is 10.6. The molecule has 4 saturated heterocycles. The summed E-state index contributed by atoms with van der Waals surface area (Å²) in [5.41, 5.74) is 12.5. The molecule has 0 aromatic rings.